The summed E-state index contributed by atoms with van der Waals surface area (Å²) < 4.78 is 31.6. The van der Waals surface area contributed by atoms with Crippen LogP contribution in [0.3, 0.4) is 0 Å². The van der Waals surface area contributed by atoms with Crippen LogP contribution in [0.25, 0.3) is 22.3 Å². The maximum absolute atomic E-state index is 12.0. The van der Waals surface area contributed by atoms with Gasteiger partial charge in [0.15, 0.2) is 0 Å². The third-order valence-electron chi connectivity index (χ3n) is 5.49. The topological polar surface area (TPSA) is 72.5 Å². The molecule has 7 heteroatoms. The zero-order valence-corrected chi connectivity index (χ0v) is 18.8. The van der Waals surface area contributed by atoms with Gasteiger partial charge in [0, 0.05) is 17.4 Å². The van der Waals surface area contributed by atoms with E-state index in [0.29, 0.717) is 10.8 Å². The summed E-state index contributed by atoms with van der Waals surface area (Å²) >= 11 is 6.09. The van der Waals surface area contributed by atoms with Crippen molar-refractivity contribution in [2.75, 3.05) is 12.9 Å². The first-order valence-electron chi connectivity index (χ1n) is 9.84. The molecule has 3 aromatic carbocycles. The molecule has 31 heavy (non-hydrogen) atoms. The zero-order valence-electron chi connectivity index (χ0n) is 17.2. The van der Waals surface area contributed by atoms with Gasteiger partial charge in [-0.15, -0.1) is 0 Å². The largest absolute Gasteiger partial charge is 0.496 e. The summed E-state index contributed by atoms with van der Waals surface area (Å²) in [5.74, 6) is -0.501. The number of nitrogens with one attached hydrogen (secondary N) is 1. The van der Waals surface area contributed by atoms with Gasteiger partial charge in [0.05, 0.1) is 12.9 Å². The quantitative estimate of drug-likeness (QED) is 0.605. The summed E-state index contributed by atoms with van der Waals surface area (Å²) in [4.78, 5) is 11.8. The molecule has 0 spiro atoms. The molecule has 1 amide bonds. The van der Waals surface area contributed by atoms with E-state index < -0.39 is 21.8 Å². The number of hydrogen-bond donors (Lipinski definition) is 1. The van der Waals surface area contributed by atoms with Crippen molar-refractivity contribution < 1.29 is 17.9 Å². The van der Waals surface area contributed by atoms with Crippen molar-refractivity contribution in [3.05, 3.63) is 76.8 Å². The lowest BCUT2D eigenvalue weighted by Crippen LogP contribution is -2.40. The molecule has 4 rings (SSSR count). The minimum Gasteiger partial charge on any atom is -0.496 e. The van der Waals surface area contributed by atoms with Crippen LogP contribution in [-0.4, -0.2) is 27.2 Å². The molecule has 0 bridgehead atoms. The fraction of sp³-hybridized carbons (Fsp3) is 0.208. The molecule has 1 N–H and O–H groups in total. The summed E-state index contributed by atoms with van der Waals surface area (Å²) in [6.07, 6.45) is 0.111. The van der Waals surface area contributed by atoms with Crippen LogP contribution in [0.4, 0.5) is 0 Å². The van der Waals surface area contributed by atoms with Gasteiger partial charge in [0.25, 0.3) is 0 Å². The predicted molar refractivity (Wildman–Crippen MR) is 123 cm³/mol. The highest BCUT2D eigenvalue weighted by Crippen LogP contribution is 2.36. The lowest BCUT2D eigenvalue weighted by molar-refractivity contribution is -0.119. The average molecular weight is 456 g/mol. The van der Waals surface area contributed by atoms with E-state index in [1.807, 2.05) is 60.2 Å². The van der Waals surface area contributed by atoms with E-state index in [4.69, 9.17) is 16.3 Å². The number of benzene rings is 3. The number of sulfonamides is 1. The normalized spacial score (nSPS) is 17.8. The number of hydrogen-bond acceptors (Lipinski definition) is 4. The van der Waals surface area contributed by atoms with Crippen LogP contribution < -0.4 is 9.46 Å². The Balaban J connectivity index is 1.71. The Kier molecular flexibility index (Phi) is 5.77. The maximum atomic E-state index is 12.0. The fourth-order valence-corrected chi connectivity index (χ4v) is 5.62. The van der Waals surface area contributed by atoms with Crippen molar-refractivity contribution in [2.45, 2.75) is 19.3 Å². The van der Waals surface area contributed by atoms with Crippen molar-refractivity contribution in [3.8, 4) is 28.0 Å². The summed E-state index contributed by atoms with van der Waals surface area (Å²) in [5.41, 5.74) is 5.93. The minimum atomic E-state index is -3.62. The molecular weight excluding hydrogens is 434 g/mol. The smallest absolute Gasteiger partial charge is 0.235 e. The van der Waals surface area contributed by atoms with Crippen molar-refractivity contribution >= 4 is 27.5 Å². The first-order chi connectivity index (χ1) is 14.8. The maximum Gasteiger partial charge on any atom is 0.235 e. The summed E-state index contributed by atoms with van der Waals surface area (Å²) in [6.45, 7) is 2.03. The molecule has 1 unspecified atom stereocenters. The second-order valence-corrected chi connectivity index (χ2v) is 9.91. The number of aryl methyl sites for hydroxylation is 1. The summed E-state index contributed by atoms with van der Waals surface area (Å²) in [6, 6.07) is 19.7. The van der Waals surface area contributed by atoms with E-state index in [-0.39, 0.29) is 12.2 Å². The number of amides is 1. The Bertz CT molecular complexity index is 1270. The van der Waals surface area contributed by atoms with E-state index in [2.05, 4.69) is 12.1 Å². The van der Waals surface area contributed by atoms with Crippen LogP contribution >= 0.6 is 11.6 Å². The molecule has 1 aliphatic heterocycles. The third kappa shape index (κ3) is 4.60. The second kappa shape index (κ2) is 8.36. The number of carbonyl (C=O) groups is 1. The highest BCUT2D eigenvalue weighted by Gasteiger charge is 2.32. The van der Waals surface area contributed by atoms with Crippen LogP contribution in [0.1, 0.15) is 23.5 Å². The molecule has 3 aromatic rings. The molecule has 0 saturated carbocycles. The SMILES string of the molecule is COc1cc(-c2cccc(-c3ccc(Cl)cc3C)c2)ccc1C1CC(=O)NS(=O)(=O)C1. The van der Waals surface area contributed by atoms with Crippen LogP contribution in [-0.2, 0) is 14.8 Å². The first kappa shape index (κ1) is 21.4. The van der Waals surface area contributed by atoms with Gasteiger partial charge >= 0.3 is 0 Å². The highest BCUT2D eigenvalue weighted by atomic mass is 35.5. The van der Waals surface area contributed by atoms with Crippen molar-refractivity contribution in [1.29, 1.82) is 0 Å². The van der Waals surface area contributed by atoms with Gasteiger partial charge in [-0.1, -0.05) is 48.0 Å². The molecule has 1 saturated heterocycles. The molecular formula is C24H22ClNO4S. The number of carbonyl (C=O) groups excluding carboxylic acids is 1. The molecule has 1 heterocycles. The van der Waals surface area contributed by atoms with Crippen LogP contribution in [0, 0.1) is 6.92 Å². The van der Waals surface area contributed by atoms with Gasteiger partial charge in [-0.3, -0.25) is 9.52 Å². The molecule has 0 aliphatic carbocycles. The zero-order chi connectivity index (χ0) is 22.2. The Morgan fingerprint density at radius 3 is 2.45 bits per heavy atom. The monoisotopic (exact) mass is 455 g/mol. The van der Waals surface area contributed by atoms with E-state index >= 15 is 0 Å². The van der Waals surface area contributed by atoms with E-state index in [1.54, 1.807) is 7.11 Å². The van der Waals surface area contributed by atoms with Crippen molar-refractivity contribution in [3.63, 3.8) is 0 Å². The highest BCUT2D eigenvalue weighted by molar-refractivity contribution is 7.90. The molecule has 5 nitrogen and oxygen atoms in total. The molecule has 160 valence electrons. The molecule has 1 atom stereocenters. The van der Waals surface area contributed by atoms with Crippen LogP contribution in [0.5, 0.6) is 5.75 Å². The van der Waals surface area contributed by atoms with E-state index in [1.165, 1.54) is 0 Å². The third-order valence-corrected chi connectivity index (χ3v) is 7.11. The fourth-order valence-electron chi connectivity index (χ4n) is 4.05. The van der Waals surface area contributed by atoms with E-state index in [0.717, 1.165) is 33.4 Å². The van der Waals surface area contributed by atoms with Gasteiger partial charge in [-0.2, -0.15) is 0 Å². The Labute approximate surface area is 187 Å². The van der Waals surface area contributed by atoms with Crippen molar-refractivity contribution in [2.24, 2.45) is 0 Å². The number of rotatable bonds is 4. The second-order valence-electron chi connectivity index (χ2n) is 7.70. The minimum absolute atomic E-state index is 0.111. The number of halogens is 1. The Morgan fingerprint density at radius 2 is 1.74 bits per heavy atom. The molecule has 0 aromatic heterocycles. The average Bonchev–Trinajstić information content (AvgIpc) is 2.72. The van der Waals surface area contributed by atoms with Crippen LogP contribution in [0.15, 0.2) is 60.7 Å². The lowest BCUT2D eigenvalue weighted by Gasteiger charge is -2.24. The van der Waals surface area contributed by atoms with Gasteiger partial charge in [0.1, 0.15) is 5.75 Å². The van der Waals surface area contributed by atoms with Gasteiger partial charge in [-0.05, 0) is 64.6 Å². The molecule has 1 aliphatic rings. The molecule has 1 fully saturated rings. The van der Waals surface area contributed by atoms with Gasteiger partial charge in [-0.25, -0.2) is 8.42 Å². The van der Waals surface area contributed by atoms with Gasteiger partial charge in [0.2, 0.25) is 15.9 Å². The number of methoxy groups -OCH3 is 1. The molecule has 0 radical (unpaired) electrons. The van der Waals surface area contributed by atoms with Gasteiger partial charge < -0.3 is 4.74 Å². The Hall–Kier alpha value is -2.83. The standard InChI is InChI=1S/C24H22ClNO4S/c1-15-10-20(25)7-9-21(15)18-5-3-4-16(11-18)17-6-8-22(23(12-17)30-2)19-13-24(27)26-31(28,29)14-19/h3-12,19H,13-14H2,1-2H3,(H,26,27). The van der Waals surface area contributed by atoms with Crippen molar-refractivity contribution in [1.82, 2.24) is 4.72 Å². The van der Waals surface area contributed by atoms with E-state index in [9.17, 15) is 13.2 Å². The van der Waals surface area contributed by atoms with Crippen LogP contribution in [0.2, 0.25) is 5.02 Å². The summed E-state index contributed by atoms with van der Waals surface area (Å²) in [7, 11) is -2.08. The lowest BCUT2D eigenvalue weighted by atomic mass is 9.92. The summed E-state index contributed by atoms with van der Waals surface area (Å²) in [5, 5.41) is 0.705. The number of ether oxygens (including phenoxy) is 1. The first-order valence-corrected chi connectivity index (χ1v) is 11.9. The Morgan fingerprint density at radius 1 is 1.00 bits per heavy atom. The predicted octanol–water partition coefficient (Wildman–Crippen LogP) is 4.92.